The molecule has 0 spiro atoms. The Morgan fingerprint density at radius 2 is 1.92 bits per heavy atom. The normalized spacial score (nSPS) is 11.2. The van der Waals surface area contributed by atoms with Crippen molar-refractivity contribution in [2.24, 2.45) is 4.99 Å². The number of guanidine groups is 1. The van der Waals surface area contributed by atoms with Gasteiger partial charge >= 0.3 is 0 Å². The fourth-order valence-electron chi connectivity index (χ4n) is 2.21. The number of carbonyl (C=O) groups is 1. The number of likely N-dealkylation sites (N-methyl/N-ethyl adjacent to an activating group) is 1. The van der Waals surface area contributed by atoms with Gasteiger partial charge in [-0.15, -0.1) is 0 Å². The number of hydrogen-bond donors (Lipinski definition) is 2. The Bertz CT molecular complexity index is 561. The summed E-state index contributed by atoms with van der Waals surface area (Å²) in [6.45, 7) is 4.93. The van der Waals surface area contributed by atoms with Crippen molar-refractivity contribution in [3.05, 3.63) is 29.8 Å². The summed E-state index contributed by atoms with van der Waals surface area (Å²) in [5, 5.41) is 6.52. The monoisotopic (exact) mass is 364 g/mol. The molecule has 1 amide bonds. The largest absolute Gasteiger partial charge is 0.496 e. The summed E-state index contributed by atoms with van der Waals surface area (Å²) in [6, 6.07) is 7.94. The Morgan fingerprint density at radius 1 is 1.19 bits per heavy atom. The standard InChI is InChI=1S/C19H32N4O3/c1-5-26-14-8-12-20-19(22-15-18(24)23(2)3)21-13-11-16-9-6-7-10-17(16)25-4/h6-7,9-10H,5,8,11-15H2,1-4H3,(H2,20,21,22). The van der Waals surface area contributed by atoms with Crippen molar-refractivity contribution in [2.45, 2.75) is 19.8 Å². The van der Waals surface area contributed by atoms with Crippen LogP contribution in [0.4, 0.5) is 0 Å². The minimum absolute atomic E-state index is 0.0369. The Balaban J connectivity index is 2.54. The lowest BCUT2D eigenvalue weighted by atomic mass is 10.1. The summed E-state index contributed by atoms with van der Waals surface area (Å²) < 4.78 is 10.7. The smallest absolute Gasteiger partial charge is 0.243 e. The van der Waals surface area contributed by atoms with Crippen molar-refractivity contribution in [2.75, 3.05) is 54.1 Å². The van der Waals surface area contributed by atoms with Crippen LogP contribution in [0.15, 0.2) is 29.3 Å². The third-order valence-electron chi connectivity index (χ3n) is 3.71. The van der Waals surface area contributed by atoms with Gasteiger partial charge in [0, 0.05) is 40.4 Å². The van der Waals surface area contributed by atoms with E-state index in [9.17, 15) is 4.79 Å². The summed E-state index contributed by atoms with van der Waals surface area (Å²) in [4.78, 5) is 17.7. The van der Waals surface area contributed by atoms with Crippen molar-refractivity contribution in [1.29, 1.82) is 0 Å². The van der Waals surface area contributed by atoms with Crippen molar-refractivity contribution in [1.82, 2.24) is 15.5 Å². The predicted octanol–water partition coefficient (Wildman–Crippen LogP) is 1.29. The summed E-state index contributed by atoms with van der Waals surface area (Å²) in [5.74, 6) is 1.47. The molecule has 0 fully saturated rings. The number of benzene rings is 1. The molecule has 2 N–H and O–H groups in total. The number of carbonyl (C=O) groups excluding carboxylic acids is 1. The van der Waals surface area contributed by atoms with E-state index in [2.05, 4.69) is 15.6 Å². The molecule has 7 nitrogen and oxygen atoms in total. The molecule has 0 radical (unpaired) electrons. The molecule has 0 aliphatic heterocycles. The topological polar surface area (TPSA) is 75.2 Å². The van der Waals surface area contributed by atoms with Crippen molar-refractivity contribution in [3.8, 4) is 5.75 Å². The highest BCUT2D eigenvalue weighted by atomic mass is 16.5. The first-order valence-electron chi connectivity index (χ1n) is 9.00. The van der Waals surface area contributed by atoms with Crippen LogP contribution in [0.2, 0.25) is 0 Å². The van der Waals surface area contributed by atoms with E-state index in [4.69, 9.17) is 9.47 Å². The summed E-state index contributed by atoms with van der Waals surface area (Å²) in [6.07, 6.45) is 1.67. The number of ether oxygens (including phenoxy) is 2. The van der Waals surface area contributed by atoms with E-state index < -0.39 is 0 Å². The zero-order valence-electron chi connectivity index (χ0n) is 16.4. The van der Waals surface area contributed by atoms with Crippen LogP contribution >= 0.6 is 0 Å². The summed E-state index contributed by atoms with van der Waals surface area (Å²) >= 11 is 0. The second-order valence-electron chi connectivity index (χ2n) is 5.92. The van der Waals surface area contributed by atoms with Gasteiger partial charge in [-0.05, 0) is 31.4 Å². The van der Waals surface area contributed by atoms with Crippen LogP contribution in [0.5, 0.6) is 5.75 Å². The fraction of sp³-hybridized carbons (Fsp3) is 0.579. The lowest BCUT2D eigenvalue weighted by Crippen LogP contribution is -2.40. The van der Waals surface area contributed by atoms with Crippen molar-refractivity contribution in [3.63, 3.8) is 0 Å². The Labute approximate surface area is 156 Å². The number of rotatable bonds is 11. The van der Waals surface area contributed by atoms with E-state index in [-0.39, 0.29) is 12.5 Å². The number of amides is 1. The Morgan fingerprint density at radius 3 is 2.62 bits per heavy atom. The molecule has 7 heteroatoms. The molecule has 26 heavy (non-hydrogen) atoms. The van der Waals surface area contributed by atoms with Crippen LogP contribution in [0, 0.1) is 0 Å². The Kier molecular flexibility index (Phi) is 10.9. The molecular formula is C19H32N4O3. The molecule has 1 rings (SSSR count). The highest BCUT2D eigenvalue weighted by molar-refractivity contribution is 5.84. The molecule has 0 aliphatic rings. The summed E-state index contributed by atoms with van der Waals surface area (Å²) in [7, 11) is 5.12. The van der Waals surface area contributed by atoms with E-state index in [0.29, 0.717) is 19.1 Å². The molecule has 1 aromatic carbocycles. The van der Waals surface area contributed by atoms with Gasteiger partial charge in [0.2, 0.25) is 5.91 Å². The Hall–Kier alpha value is -2.28. The van der Waals surface area contributed by atoms with Crippen LogP contribution in [0.3, 0.4) is 0 Å². The number of hydrogen-bond acceptors (Lipinski definition) is 4. The quantitative estimate of drug-likeness (QED) is 0.352. The molecular weight excluding hydrogens is 332 g/mol. The lowest BCUT2D eigenvalue weighted by Gasteiger charge is -2.14. The first-order chi connectivity index (χ1) is 12.6. The third kappa shape index (κ3) is 8.71. The number of para-hydroxylation sites is 1. The summed E-state index contributed by atoms with van der Waals surface area (Å²) in [5.41, 5.74) is 1.13. The number of nitrogens with zero attached hydrogens (tertiary/aromatic N) is 2. The number of nitrogens with one attached hydrogen (secondary N) is 2. The number of aliphatic imine (C=N–C) groups is 1. The molecule has 0 bridgehead atoms. The first-order valence-corrected chi connectivity index (χ1v) is 9.00. The maximum Gasteiger partial charge on any atom is 0.243 e. The van der Waals surface area contributed by atoms with Gasteiger partial charge in [-0.1, -0.05) is 18.2 Å². The van der Waals surface area contributed by atoms with Gasteiger partial charge in [-0.3, -0.25) is 4.79 Å². The van der Waals surface area contributed by atoms with Crippen LogP contribution < -0.4 is 15.4 Å². The van der Waals surface area contributed by atoms with Gasteiger partial charge in [0.1, 0.15) is 12.3 Å². The van der Waals surface area contributed by atoms with Crippen molar-refractivity contribution >= 4 is 11.9 Å². The average Bonchev–Trinajstić information content (AvgIpc) is 2.65. The minimum Gasteiger partial charge on any atom is -0.496 e. The molecule has 0 aliphatic carbocycles. The minimum atomic E-state index is -0.0369. The van der Waals surface area contributed by atoms with Crippen LogP contribution in [0.1, 0.15) is 18.9 Å². The molecule has 0 saturated heterocycles. The molecule has 146 valence electrons. The molecule has 0 unspecified atom stereocenters. The maximum absolute atomic E-state index is 11.8. The van der Waals surface area contributed by atoms with Gasteiger partial charge in [0.05, 0.1) is 7.11 Å². The van der Waals surface area contributed by atoms with Crippen LogP contribution in [-0.2, 0) is 16.0 Å². The predicted molar refractivity (Wildman–Crippen MR) is 105 cm³/mol. The van der Waals surface area contributed by atoms with E-state index in [1.54, 1.807) is 21.2 Å². The second-order valence-corrected chi connectivity index (χ2v) is 5.92. The zero-order valence-corrected chi connectivity index (χ0v) is 16.4. The first kappa shape index (κ1) is 21.8. The van der Waals surface area contributed by atoms with Crippen molar-refractivity contribution < 1.29 is 14.3 Å². The van der Waals surface area contributed by atoms with E-state index >= 15 is 0 Å². The lowest BCUT2D eigenvalue weighted by molar-refractivity contribution is -0.127. The van der Waals surface area contributed by atoms with Gasteiger partial charge in [-0.2, -0.15) is 0 Å². The third-order valence-corrected chi connectivity index (χ3v) is 3.71. The zero-order chi connectivity index (χ0) is 19.2. The van der Waals surface area contributed by atoms with Crippen LogP contribution in [-0.4, -0.2) is 70.8 Å². The van der Waals surface area contributed by atoms with Crippen LogP contribution in [0.25, 0.3) is 0 Å². The molecule has 0 atom stereocenters. The SMILES string of the molecule is CCOCCCNC(=NCC(=O)N(C)C)NCCc1ccccc1OC. The molecule has 0 heterocycles. The maximum atomic E-state index is 11.8. The molecule has 1 aromatic rings. The highest BCUT2D eigenvalue weighted by Crippen LogP contribution is 2.17. The van der Waals surface area contributed by atoms with E-state index in [1.165, 1.54) is 4.90 Å². The van der Waals surface area contributed by atoms with Gasteiger partial charge in [-0.25, -0.2) is 4.99 Å². The van der Waals surface area contributed by atoms with Gasteiger partial charge < -0.3 is 25.0 Å². The average molecular weight is 364 g/mol. The van der Waals surface area contributed by atoms with Gasteiger partial charge in [0.15, 0.2) is 5.96 Å². The molecule has 0 saturated carbocycles. The van der Waals surface area contributed by atoms with Gasteiger partial charge in [0.25, 0.3) is 0 Å². The van der Waals surface area contributed by atoms with E-state index in [0.717, 1.165) is 37.3 Å². The molecule has 0 aromatic heterocycles. The van der Waals surface area contributed by atoms with E-state index in [1.807, 2.05) is 31.2 Å². The second kappa shape index (κ2) is 13.0. The number of methoxy groups -OCH3 is 1. The highest BCUT2D eigenvalue weighted by Gasteiger charge is 2.06. The fourth-order valence-corrected chi connectivity index (χ4v) is 2.21.